The average molecular weight is 201 g/mol. The van der Waals surface area contributed by atoms with Crippen LogP contribution in [0.1, 0.15) is 33.1 Å². The Kier molecular flexibility index (Phi) is 4.73. The Bertz CT molecular complexity index is 176. The molecule has 1 aliphatic rings. The van der Waals surface area contributed by atoms with Crippen molar-refractivity contribution in [1.82, 2.24) is 4.90 Å². The summed E-state index contributed by atoms with van der Waals surface area (Å²) in [5.74, 6) is 0. The van der Waals surface area contributed by atoms with Crippen molar-refractivity contribution < 1.29 is 14.3 Å². The molecule has 0 aromatic rings. The number of carbonyl (C=O) groups is 1. The van der Waals surface area contributed by atoms with Gasteiger partial charge in [-0.3, -0.25) is 4.90 Å². The van der Waals surface area contributed by atoms with Crippen molar-refractivity contribution in [3.63, 3.8) is 0 Å². The van der Waals surface area contributed by atoms with Crippen LogP contribution in [-0.4, -0.2) is 37.0 Å². The Balaban J connectivity index is 2.09. The second-order valence-electron chi connectivity index (χ2n) is 3.87. The summed E-state index contributed by atoms with van der Waals surface area (Å²) in [6.07, 6.45) is 3.01. The summed E-state index contributed by atoms with van der Waals surface area (Å²) in [6, 6.07) is 0. The number of hydrogen-bond donors (Lipinski definition) is 0. The topological polar surface area (TPSA) is 38.8 Å². The molecule has 1 fully saturated rings. The van der Waals surface area contributed by atoms with Gasteiger partial charge in [-0.2, -0.15) is 0 Å². The number of rotatable bonds is 3. The second kappa shape index (κ2) is 5.86. The number of nitrogens with zero attached hydrogens (tertiary/aromatic N) is 1. The second-order valence-corrected chi connectivity index (χ2v) is 3.87. The van der Waals surface area contributed by atoms with Crippen LogP contribution in [-0.2, 0) is 9.47 Å². The summed E-state index contributed by atoms with van der Waals surface area (Å²) < 4.78 is 9.81. The third kappa shape index (κ3) is 4.46. The van der Waals surface area contributed by atoms with Gasteiger partial charge >= 0.3 is 6.16 Å². The smallest absolute Gasteiger partial charge is 0.432 e. The average Bonchev–Trinajstić information content (AvgIpc) is 2.15. The molecule has 1 saturated heterocycles. The molecule has 0 bridgehead atoms. The summed E-state index contributed by atoms with van der Waals surface area (Å²) in [7, 11) is 0. The number of ether oxygens (including phenoxy) is 2. The summed E-state index contributed by atoms with van der Waals surface area (Å²) >= 11 is 0. The summed E-state index contributed by atoms with van der Waals surface area (Å²) in [5, 5.41) is 0. The van der Waals surface area contributed by atoms with Gasteiger partial charge in [0.25, 0.3) is 0 Å². The molecule has 0 aromatic heterocycles. The van der Waals surface area contributed by atoms with Crippen LogP contribution in [0, 0.1) is 0 Å². The predicted octanol–water partition coefficient (Wildman–Crippen LogP) is 1.99. The SMILES string of the molecule is CC(C)OC(=O)OCN1CCCCC1. The van der Waals surface area contributed by atoms with E-state index in [0.29, 0.717) is 6.73 Å². The van der Waals surface area contributed by atoms with Gasteiger partial charge in [-0.05, 0) is 26.7 Å². The van der Waals surface area contributed by atoms with Gasteiger partial charge in [0.05, 0.1) is 6.10 Å². The van der Waals surface area contributed by atoms with E-state index < -0.39 is 6.16 Å². The predicted molar refractivity (Wildman–Crippen MR) is 53.0 cm³/mol. The first-order chi connectivity index (χ1) is 6.68. The Hall–Kier alpha value is -0.770. The van der Waals surface area contributed by atoms with Crippen LogP contribution in [0.4, 0.5) is 4.79 Å². The minimum Gasteiger partial charge on any atom is -0.432 e. The fourth-order valence-electron chi connectivity index (χ4n) is 1.46. The van der Waals surface area contributed by atoms with Gasteiger partial charge in [-0.1, -0.05) is 6.42 Å². The maximum Gasteiger partial charge on any atom is 0.509 e. The highest BCUT2D eigenvalue weighted by atomic mass is 16.7. The van der Waals surface area contributed by atoms with E-state index in [1.165, 1.54) is 19.3 Å². The van der Waals surface area contributed by atoms with Crippen molar-refractivity contribution in [2.75, 3.05) is 19.8 Å². The highest BCUT2D eigenvalue weighted by molar-refractivity contribution is 5.59. The minimum atomic E-state index is -0.564. The van der Waals surface area contributed by atoms with Crippen LogP contribution >= 0.6 is 0 Å². The third-order valence-electron chi connectivity index (χ3n) is 2.15. The van der Waals surface area contributed by atoms with E-state index in [1.807, 2.05) is 13.8 Å². The molecule has 1 heterocycles. The van der Waals surface area contributed by atoms with Gasteiger partial charge in [0.1, 0.15) is 6.73 Å². The standard InChI is InChI=1S/C10H19NO3/c1-9(2)14-10(12)13-8-11-6-4-3-5-7-11/h9H,3-8H2,1-2H3. The van der Waals surface area contributed by atoms with Crippen molar-refractivity contribution in [2.45, 2.75) is 39.2 Å². The quantitative estimate of drug-likeness (QED) is 0.654. The Morgan fingerprint density at radius 2 is 1.93 bits per heavy atom. The summed E-state index contributed by atoms with van der Waals surface area (Å²) in [4.78, 5) is 13.2. The van der Waals surface area contributed by atoms with Crippen molar-refractivity contribution in [3.05, 3.63) is 0 Å². The summed E-state index contributed by atoms with van der Waals surface area (Å²) in [6.45, 7) is 6.03. The normalized spacial score (nSPS) is 18.2. The number of hydrogen-bond acceptors (Lipinski definition) is 4. The van der Waals surface area contributed by atoms with E-state index in [1.54, 1.807) is 0 Å². The molecule has 1 aliphatic heterocycles. The Morgan fingerprint density at radius 3 is 2.50 bits per heavy atom. The zero-order valence-corrected chi connectivity index (χ0v) is 8.99. The number of carbonyl (C=O) groups excluding carboxylic acids is 1. The largest absolute Gasteiger partial charge is 0.509 e. The molecule has 1 rings (SSSR count). The number of piperidine rings is 1. The fourth-order valence-corrected chi connectivity index (χ4v) is 1.46. The van der Waals surface area contributed by atoms with Gasteiger partial charge in [-0.15, -0.1) is 0 Å². The van der Waals surface area contributed by atoms with Crippen LogP contribution in [0.25, 0.3) is 0 Å². The molecule has 4 heteroatoms. The maximum atomic E-state index is 11.0. The Labute approximate surface area is 85.2 Å². The van der Waals surface area contributed by atoms with Gasteiger partial charge in [0.2, 0.25) is 0 Å². The molecule has 0 unspecified atom stereocenters. The molecule has 0 aromatic carbocycles. The third-order valence-corrected chi connectivity index (χ3v) is 2.15. The van der Waals surface area contributed by atoms with Gasteiger partial charge < -0.3 is 9.47 Å². The molecule has 0 spiro atoms. The van der Waals surface area contributed by atoms with E-state index in [-0.39, 0.29) is 6.10 Å². The van der Waals surface area contributed by atoms with Crippen molar-refractivity contribution in [3.8, 4) is 0 Å². The lowest BCUT2D eigenvalue weighted by atomic mass is 10.1. The zero-order chi connectivity index (χ0) is 10.4. The van der Waals surface area contributed by atoms with Crippen LogP contribution in [0.15, 0.2) is 0 Å². The number of likely N-dealkylation sites (tertiary alicyclic amines) is 1. The first kappa shape index (κ1) is 11.3. The lowest BCUT2D eigenvalue weighted by Crippen LogP contribution is -2.33. The van der Waals surface area contributed by atoms with E-state index in [9.17, 15) is 4.79 Å². The molecule has 0 aliphatic carbocycles. The van der Waals surface area contributed by atoms with E-state index in [4.69, 9.17) is 9.47 Å². The lowest BCUT2D eigenvalue weighted by Gasteiger charge is -2.25. The molecule has 0 N–H and O–H groups in total. The minimum absolute atomic E-state index is 0.108. The van der Waals surface area contributed by atoms with Crippen LogP contribution in [0.3, 0.4) is 0 Å². The van der Waals surface area contributed by atoms with Gasteiger partial charge in [-0.25, -0.2) is 4.79 Å². The molecular formula is C10H19NO3. The van der Waals surface area contributed by atoms with E-state index in [2.05, 4.69) is 4.90 Å². The maximum absolute atomic E-state index is 11.0. The molecule has 0 atom stereocenters. The van der Waals surface area contributed by atoms with Crippen molar-refractivity contribution in [2.24, 2.45) is 0 Å². The van der Waals surface area contributed by atoms with E-state index >= 15 is 0 Å². The zero-order valence-electron chi connectivity index (χ0n) is 8.99. The highest BCUT2D eigenvalue weighted by Crippen LogP contribution is 2.08. The van der Waals surface area contributed by atoms with E-state index in [0.717, 1.165) is 13.1 Å². The first-order valence-corrected chi connectivity index (χ1v) is 5.24. The monoisotopic (exact) mass is 201 g/mol. The molecule has 0 radical (unpaired) electrons. The van der Waals surface area contributed by atoms with Crippen LogP contribution < -0.4 is 0 Å². The van der Waals surface area contributed by atoms with Crippen LogP contribution in [0.5, 0.6) is 0 Å². The summed E-state index contributed by atoms with van der Waals surface area (Å²) in [5.41, 5.74) is 0. The molecule has 0 saturated carbocycles. The van der Waals surface area contributed by atoms with Crippen LogP contribution in [0.2, 0.25) is 0 Å². The molecule has 4 nitrogen and oxygen atoms in total. The molecule has 14 heavy (non-hydrogen) atoms. The highest BCUT2D eigenvalue weighted by Gasteiger charge is 2.13. The fraction of sp³-hybridized carbons (Fsp3) is 0.900. The molecule has 0 amide bonds. The first-order valence-electron chi connectivity index (χ1n) is 5.24. The van der Waals surface area contributed by atoms with Gasteiger partial charge in [0.15, 0.2) is 0 Å². The van der Waals surface area contributed by atoms with Crippen molar-refractivity contribution in [1.29, 1.82) is 0 Å². The molecular weight excluding hydrogens is 182 g/mol. The van der Waals surface area contributed by atoms with Gasteiger partial charge in [0, 0.05) is 13.1 Å². The van der Waals surface area contributed by atoms with Crippen molar-refractivity contribution >= 4 is 6.16 Å². The molecule has 82 valence electrons. The lowest BCUT2D eigenvalue weighted by molar-refractivity contribution is -0.00510. The Morgan fingerprint density at radius 1 is 1.29 bits per heavy atom.